The van der Waals surface area contributed by atoms with Gasteiger partial charge in [-0.15, -0.1) is 0 Å². The molecule has 1 unspecified atom stereocenters. The summed E-state index contributed by atoms with van der Waals surface area (Å²) < 4.78 is 10.4. The summed E-state index contributed by atoms with van der Waals surface area (Å²) in [5, 5.41) is 12.2. The van der Waals surface area contributed by atoms with Crippen LogP contribution in [0.4, 0.5) is 4.79 Å². The zero-order valence-electron chi connectivity index (χ0n) is 18.5. The van der Waals surface area contributed by atoms with E-state index >= 15 is 0 Å². The number of aliphatic hydroxyl groups is 1. The molecule has 0 amide bonds. The highest BCUT2D eigenvalue weighted by Gasteiger charge is 2.47. The van der Waals surface area contributed by atoms with E-state index in [-0.39, 0.29) is 29.9 Å². The smallest absolute Gasteiger partial charge is 0.432 e. The van der Waals surface area contributed by atoms with Gasteiger partial charge in [0.1, 0.15) is 12.7 Å². The summed E-state index contributed by atoms with van der Waals surface area (Å²) in [6.45, 7) is 15.5. The Morgan fingerprint density at radius 3 is 2.24 bits per heavy atom. The van der Waals surface area contributed by atoms with Crippen LogP contribution < -0.4 is 0 Å². The zero-order chi connectivity index (χ0) is 21.8. The van der Waals surface area contributed by atoms with Gasteiger partial charge in [0.15, 0.2) is 0 Å². The third-order valence-electron chi connectivity index (χ3n) is 5.03. The van der Waals surface area contributed by atoms with Crippen molar-refractivity contribution in [3.8, 4) is 0 Å². The number of carbonyl (C=O) groups is 1. The van der Waals surface area contributed by atoms with Crippen LogP contribution in [0.25, 0.3) is 6.08 Å². The molecule has 1 saturated heterocycles. The van der Waals surface area contributed by atoms with E-state index < -0.39 is 12.3 Å². The molecule has 0 spiro atoms. The molecule has 1 aromatic rings. The highest BCUT2D eigenvalue weighted by molar-refractivity contribution is 5.60. The van der Waals surface area contributed by atoms with E-state index in [1.807, 2.05) is 57.0 Å². The van der Waals surface area contributed by atoms with Crippen LogP contribution in [0.15, 0.2) is 30.8 Å². The van der Waals surface area contributed by atoms with Crippen molar-refractivity contribution in [3.63, 3.8) is 0 Å². The first kappa shape index (κ1) is 23.4. The van der Waals surface area contributed by atoms with Crippen molar-refractivity contribution in [1.29, 1.82) is 0 Å². The summed E-state index contributed by atoms with van der Waals surface area (Å²) in [4.78, 5) is 18.4. The molecule has 1 N–H and O–H groups in total. The number of ether oxygens (including phenoxy) is 2. The molecule has 0 saturated carbocycles. The van der Waals surface area contributed by atoms with Crippen LogP contribution in [0.5, 0.6) is 0 Å². The summed E-state index contributed by atoms with van der Waals surface area (Å²) >= 11 is 0. The molecule has 1 aliphatic rings. The van der Waals surface area contributed by atoms with Gasteiger partial charge < -0.3 is 14.6 Å². The van der Waals surface area contributed by atoms with Crippen molar-refractivity contribution in [2.24, 2.45) is 0 Å². The van der Waals surface area contributed by atoms with Crippen molar-refractivity contribution in [1.82, 2.24) is 5.06 Å². The Bertz CT molecular complexity index is 678. The number of hydrogen-bond donors (Lipinski definition) is 1. The number of carbonyl (C=O) groups excluding carboxylic acids is 1. The van der Waals surface area contributed by atoms with Crippen LogP contribution in [-0.2, 0) is 14.3 Å². The van der Waals surface area contributed by atoms with Gasteiger partial charge in [-0.25, -0.2) is 4.79 Å². The first-order chi connectivity index (χ1) is 13.4. The highest BCUT2D eigenvalue weighted by atomic mass is 16.7. The molecule has 1 aromatic carbocycles. The predicted octanol–water partition coefficient (Wildman–Crippen LogP) is 4.88. The van der Waals surface area contributed by atoms with Gasteiger partial charge in [-0.2, -0.15) is 5.06 Å². The molecular weight excluding hydrogens is 370 g/mol. The van der Waals surface area contributed by atoms with E-state index in [0.717, 1.165) is 11.1 Å². The fraction of sp³-hybridized carbons (Fsp3) is 0.609. The molecule has 0 aliphatic carbocycles. The van der Waals surface area contributed by atoms with Gasteiger partial charge in [0.05, 0.1) is 12.2 Å². The van der Waals surface area contributed by atoms with Gasteiger partial charge in [-0.1, -0.05) is 36.9 Å². The standard InChI is InChI=1S/C23H35NO5/c1-8-17-9-11-18(12-10-17)20(15-27-21(26)28-16(2)3)29-24-22(4,5)13-19(25)14-23(24,6)7/h8-12,16,19-20,25H,1,13-15H2,2-7H3. The number of hydroxylamine groups is 2. The Kier molecular flexibility index (Phi) is 7.49. The molecule has 6 heteroatoms. The maximum atomic E-state index is 11.9. The predicted molar refractivity (Wildman–Crippen MR) is 113 cm³/mol. The molecule has 1 fully saturated rings. The minimum Gasteiger partial charge on any atom is -0.432 e. The first-order valence-corrected chi connectivity index (χ1v) is 10.2. The highest BCUT2D eigenvalue weighted by Crippen LogP contribution is 2.40. The van der Waals surface area contributed by atoms with Gasteiger partial charge in [-0.05, 0) is 65.5 Å². The topological polar surface area (TPSA) is 68.2 Å². The van der Waals surface area contributed by atoms with Crippen LogP contribution in [0, 0.1) is 0 Å². The van der Waals surface area contributed by atoms with Crippen LogP contribution in [-0.4, -0.2) is 46.2 Å². The minimum atomic E-state index is -0.719. The largest absolute Gasteiger partial charge is 0.508 e. The molecule has 6 nitrogen and oxygen atoms in total. The fourth-order valence-electron chi connectivity index (χ4n) is 4.03. The minimum absolute atomic E-state index is 0.0181. The van der Waals surface area contributed by atoms with Crippen LogP contribution >= 0.6 is 0 Å². The molecule has 0 bridgehead atoms. The molecule has 1 atom stereocenters. The maximum absolute atomic E-state index is 11.9. The molecule has 1 heterocycles. The SMILES string of the molecule is C=Cc1ccc(C(COC(=O)OC(C)C)ON2C(C)(C)CC(O)CC2(C)C)cc1. The van der Waals surface area contributed by atoms with Gasteiger partial charge in [0.2, 0.25) is 0 Å². The molecule has 29 heavy (non-hydrogen) atoms. The normalized spacial score (nSPS) is 20.3. The molecule has 0 aromatic heterocycles. The Morgan fingerprint density at radius 2 is 1.76 bits per heavy atom. The van der Waals surface area contributed by atoms with E-state index in [2.05, 4.69) is 6.58 Å². The van der Waals surface area contributed by atoms with E-state index in [4.69, 9.17) is 14.3 Å². The Labute approximate surface area is 174 Å². The Hall–Kier alpha value is -1.89. The first-order valence-electron chi connectivity index (χ1n) is 10.2. The lowest BCUT2D eigenvalue weighted by Gasteiger charge is -2.53. The van der Waals surface area contributed by atoms with Crippen molar-refractivity contribution >= 4 is 12.2 Å². The lowest BCUT2D eigenvalue weighted by molar-refractivity contribution is -0.320. The lowest BCUT2D eigenvalue weighted by atomic mass is 9.80. The number of piperidine rings is 1. The summed E-state index contributed by atoms with van der Waals surface area (Å²) in [6.07, 6.45) is 1.08. The van der Waals surface area contributed by atoms with Gasteiger partial charge >= 0.3 is 6.16 Å². The fourth-order valence-corrected chi connectivity index (χ4v) is 4.03. The number of rotatable bonds is 7. The summed E-state index contributed by atoms with van der Waals surface area (Å²) in [6, 6.07) is 7.78. The maximum Gasteiger partial charge on any atom is 0.508 e. The van der Waals surface area contributed by atoms with Gasteiger partial charge in [-0.3, -0.25) is 4.84 Å². The number of aliphatic hydroxyl groups excluding tert-OH is 1. The second-order valence-corrected chi connectivity index (χ2v) is 9.17. The zero-order valence-corrected chi connectivity index (χ0v) is 18.5. The average Bonchev–Trinajstić information content (AvgIpc) is 2.58. The third-order valence-corrected chi connectivity index (χ3v) is 5.03. The molecular formula is C23H35NO5. The Balaban J connectivity index is 2.25. The summed E-state index contributed by atoms with van der Waals surface area (Å²) in [7, 11) is 0. The van der Waals surface area contributed by atoms with Crippen LogP contribution in [0.3, 0.4) is 0 Å². The lowest BCUT2D eigenvalue weighted by Crippen LogP contribution is -2.61. The van der Waals surface area contributed by atoms with Crippen molar-refractivity contribution in [2.75, 3.05) is 6.61 Å². The number of nitrogens with zero attached hydrogens (tertiary/aromatic N) is 1. The van der Waals surface area contributed by atoms with Crippen LogP contribution in [0.2, 0.25) is 0 Å². The molecule has 0 radical (unpaired) electrons. The molecule has 162 valence electrons. The quantitative estimate of drug-likeness (QED) is 0.652. The second-order valence-electron chi connectivity index (χ2n) is 9.17. The van der Waals surface area contributed by atoms with E-state index in [0.29, 0.717) is 12.8 Å². The third kappa shape index (κ3) is 6.29. The van der Waals surface area contributed by atoms with Gasteiger partial charge in [0, 0.05) is 11.1 Å². The second kappa shape index (κ2) is 9.28. The van der Waals surface area contributed by atoms with E-state index in [1.54, 1.807) is 19.9 Å². The monoisotopic (exact) mass is 405 g/mol. The Morgan fingerprint density at radius 1 is 1.21 bits per heavy atom. The summed E-state index contributed by atoms with van der Waals surface area (Å²) in [5.74, 6) is 0. The van der Waals surface area contributed by atoms with Crippen LogP contribution in [0.1, 0.15) is 71.6 Å². The van der Waals surface area contributed by atoms with Crippen molar-refractivity contribution in [2.45, 2.75) is 83.8 Å². The van der Waals surface area contributed by atoms with Crippen molar-refractivity contribution < 1.29 is 24.2 Å². The summed E-state index contributed by atoms with van der Waals surface area (Å²) in [5.41, 5.74) is 1.10. The number of benzene rings is 1. The van der Waals surface area contributed by atoms with Crippen molar-refractivity contribution in [3.05, 3.63) is 42.0 Å². The van der Waals surface area contributed by atoms with E-state index in [1.165, 1.54) is 0 Å². The average molecular weight is 406 g/mol. The van der Waals surface area contributed by atoms with E-state index in [9.17, 15) is 9.90 Å². The molecule has 2 rings (SSSR count). The number of hydrogen-bond acceptors (Lipinski definition) is 6. The molecule has 1 aliphatic heterocycles. The van der Waals surface area contributed by atoms with Gasteiger partial charge in [0.25, 0.3) is 0 Å².